The number of piperazine rings is 1. The van der Waals surface area contributed by atoms with Crippen molar-refractivity contribution < 1.29 is 18.7 Å². The molecule has 1 aliphatic heterocycles. The molecule has 1 fully saturated rings. The number of aromatic nitrogens is 3. The highest BCUT2D eigenvalue weighted by Gasteiger charge is 2.23. The van der Waals surface area contributed by atoms with Gasteiger partial charge in [0, 0.05) is 50.4 Å². The zero-order valence-corrected chi connectivity index (χ0v) is 14.7. The number of carbonyl (C=O) groups excluding carboxylic acids is 2. The van der Waals surface area contributed by atoms with Crippen molar-refractivity contribution in [3.05, 3.63) is 24.0 Å². The molecule has 0 aliphatic carbocycles. The van der Waals surface area contributed by atoms with E-state index in [4.69, 9.17) is 10.5 Å². The molecule has 0 radical (unpaired) electrons. The first-order valence-corrected chi connectivity index (χ1v) is 8.62. The van der Waals surface area contributed by atoms with Gasteiger partial charge in [0.15, 0.2) is 5.65 Å². The minimum absolute atomic E-state index is 0.0901. The van der Waals surface area contributed by atoms with Gasteiger partial charge in [-0.3, -0.25) is 9.18 Å². The van der Waals surface area contributed by atoms with E-state index < -0.39 is 18.7 Å². The molecule has 0 spiro atoms. The van der Waals surface area contributed by atoms with Crippen LogP contribution in [0, 0.1) is 0 Å². The van der Waals surface area contributed by atoms with E-state index in [0.717, 1.165) is 0 Å². The number of amides is 2. The Labute approximate surface area is 155 Å². The second kappa shape index (κ2) is 8.47. The van der Waals surface area contributed by atoms with Gasteiger partial charge in [0.05, 0.1) is 19.5 Å². The Morgan fingerprint density at radius 3 is 2.81 bits per heavy atom. The normalized spacial score (nSPS) is 14.9. The number of anilines is 1. The predicted octanol–water partition coefficient (Wildman–Crippen LogP) is 1.07. The zero-order chi connectivity index (χ0) is 19.2. The maximum Gasteiger partial charge on any atom is 0.409 e. The van der Waals surface area contributed by atoms with Gasteiger partial charge in [-0.1, -0.05) is 0 Å². The minimum atomic E-state index is -0.539. The molecule has 3 heterocycles. The predicted molar refractivity (Wildman–Crippen MR) is 97.8 cm³/mol. The molecule has 9 nitrogen and oxygen atoms in total. The van der Waals surface area contributed by atoms with Crippen molar-refractivity contribution in [2.75, 3.05) is 44.4 Å². The second-order valence-electron chi connectivity index (χ2n) is 6.04. The summed E-state index contributed by atoms with van der Waals surface area (Å²) in [6.07, 6.45) is 6.02. The number of H-pyrrole nitrogens is 1. The van der Waals surface area contributed by atoms with Crippen LogP contribution in [0.3, 0.4) is 0 Å². The third-order valence-corrected chi connectivity index (χ3v) is 4.19. The lowest BCUT2D eigenvalue weighted by Gasteiger charge is -2.34. The zero-order valence-electron chi connectivity index (χ0n) is 14.7. The molecule has 1 aliphatic rings. The summed E-state index contributed by atoms with van der Waals surface area (Å²) < 4.78 is 17.1. The smallest absolute Gasteiger partial charge is 0.409 e. The quantitative estimate of drug-likeness (QED) is 0.575. The van der Waals surface area contributed by atoms with E-state index in [0.29, 0.717) is 48.7 Å². The third-order valence-electron chi connectivity index (χ3n) is 4.19. The second-order valence-corrected chi connectivity index (χ2v) is 6.04. The van der Waals surface area contributed by atoms with Crippen LogP contribution in [-0.2, 0) is 9.53 Å². The first-order chi connectivity index (χ1) is 13.1. The van der Waals surface area contributed by atoms with Crippen LogP contribution in [0.5, 0.6) is 0 Å². The molecule has 0 aromatic carbocycles. The Morgan fingerprint density at radius 1 is 1.33 bits per heavy atom. The van der Waals surface area contributed by atoms with Gasteiger partial charge in [0.1, 0.15) is 11.3 Å². The van der Waals surface area contributed by atoms with E-state index in [2.05, 4.69) is 15.0 Å². The Morgan fingerprint density at radius 2 is 2.11 bits per heavy atom. The first kappa shape index (κ1) is 18.6. The average molecular weight is 376 g/mol. The summed E-state index contributed by atoms with van der Waals surface area (Å²) in [5.41, 5.74) is 7.10. The fourth-order valence-corrected chi connectivity index (χ4v) is 2.78. The van der Waals surface area contributed by atoms with Crippen LogP contribution in [0.1, 0.15) is 12.0 Å². The standard InChI is InChI=1S/C17H21FN6O3/c18-4-1-9-27-17(26)24-7-5-23(6-8-24)14-11-21-16-15(22-14)12(10-20-16)2-3-13(19)25/h2-3,10-11H,1,4-9H2,(H2,19,25)(H,20,21). The Kier molecular flexibility index (Phi) is 5.84. The average Bonchev–Trinajstić information content (AvgIpc) is 3.09. The van der Waals surface area contributed by atoms with Gasteiger partial charge in [-0.25, -0.2) is 14.8 Å². The van der Waals surface area contributed by atoms with Crippen molar-refractivity contribution >= 4 is 35.1 Å². The lowest BCUT2D eigenvalue weighted by Crippen LogP contribution is -2.49. The number of aromatic amines is 1. The van der Waals surface area contributed by atoms with Crippen LogP contribution >= 0.6 is 0 Å². The SMILES string of the molecule is NC(=O)C=Cc1c[nH]c2ncc(N3CCN(C(=O)OCCCF)CC3)nc12. The summed E-state index contributed by atoms with van der Waals surface area (Å²) in [6.45, 7) is 1.71. The van der Waals surface area contributed by atoms with E-state index in [9.17, 15) is 14.0 Å². The summed E-state index contributed by atoms with van der Waals surface area (Å²) in [7, 11) is 0. The first-order valence-electron chi connectivity index (χ1n) is 8.62. The summed E-state index contributed by atoms with van der Waals surface area (Å²) in [5.74, 6) is 0.143. The van der Waals surface area contributed by atoms with Crippen LogP contribution < -0.4 is 10.6 Å². The number of carbonyl (C=O) groups is 2. The molecule has 27 heavy (non-hydrogen) atoms. The highest BCUT2D eigenvalue weighted by atomic mass is 19.1. The molecule has 2 aromatic rings. The van der Waals surface area contributed by atoms with Crippen LogP contribution in [-0.4, -0.2) is 71.3 Å². The van der Waals surface area contributed by atoms with E-state index in [1.54, 1.807) is 23.4 Å². The highest BCUT2D eigenvalue weighted by molar-refractivity contribution is 5.93. The van der Waals surface area contributed by atoms with Crippen molar-refractivity contribution in [1.82, 2.24) is 19.9 Å². The summed E-state index contributed by atoms with van der Waals surface area (Å²) >= 11 is 0. The molecule has 3 N–H and O–H groups in total. The number of hydrogen-bond donors (Lipinski definition) is 2. The van der Waals surface area contributed by atoms with Crippen molar-refractivity contribution in [3.8, 4) is 0 Å². The number of nitrogens with two attached hydrogens (primary N) is 1. The minimum Gasteiger partial charge on any atom is -0.449 e. The number of alkyl halides is 1. The third kappa shape index (κ3) is 4.52. The van der Waals surface area contributed by atoms with Crippen LogP contribution in [0.2, 0.25) is 0 Å². The van der Waals surface area contributed by atoms with Crippen molar-refractivity contribution in [2.45, 2.75) is 6.42 Å². The van der Waals surface area contributed by atoms with Gasteiger partial charge in [-0.05, 0) is 6.08 Å². The Hall–Kier alpha value is -3.17. The van der Waals surface area contributed by atoms with E-state index in [1.807, 2.05) is 4.90 Å². The van der Waals surface area contributed by atoms with Gasteiger partial charge < -0.3 is 25.3 Å². The molecule has 10 heteroatoms. The maximum atomic E-state index is 12.1. The van der Waals surface area contributed by atoms with Gasteiger partial charge in [0.25, 0.3) is 0 Å². The summed E-state index contributed by atoms with van der Waals surface area (Å²) in [5, 5.41) is 0. The molecule has 0 unspecified atom stereocenters. The van der Waals surface area contributed by atoms with Crippen molar-refractivity contribution in [3.63, 3.8) is 0 Å². The number of nitrogens with zero attached hydrogens (tertiary/aromatic N) is 4. The van der Waals surface area contributed by atoms with E-state index in [1.165, 1.54) is 6.08 Å². The molecular formula is C17H21FN6O3. The molecule has 0 atom stereocenters. The van der Waals surface area contributed by atoms with Gasteiger partial charge in [0.2, 0.25) is 5.91 Å². The molecule has 2 amide bonds. The number of fused-ring (bicyclic) bond motifs is 1. The number of hydrogen-bond acceptors (Lipinski definition) is 6. The number of nitrogens with one attached hydrogen (secondary N) is 1. The highest BCUT2D eigenvalue weighted by Crippen LogP contribution is 2.20. The van der Waals surface area contributed by atoms with E-state index in [-0.39, 0.29) is 13.0 Å². The molecule has 0 saturated carbocycles. The lowest BCUT2D eigenvalue weighted by atomic mass is 10.2. The number of rotatable bonds is 6. The van der Waals surface area contributed by atoms with Crippen molar-refractivity contribution in [1.29, 1.82) is 0 Å². The fraction of sp³-hybridized carbons (Fsp3) is 0.412. The largest absolute Gasteiger partial charge is 0.449 e. The molecule has 1 saturated heterocycles. The number of ether oxygens (including phenoxy) is 1. The monoisotopic (exact) mass is 376 g/mol. The molecule has 144 valence electrons. The molecule has 3 rings (SSSR count). The van der Waals surface area contributed by atoms with Crippen LogP contribution in [0.4, 0.5) is 15.0 Å². The van der Waals surface area contributed by atoms with E-state index >= 15 is 0 Å². The molecular weight excluding hydrogens is 355 g/mol. The molecule has 2 aromatic heterocycles. The van der Waals surface area contributed by atoms with Crippen LogP contribution in [0.25, 0.3) is 17.2 Å². The van der Waals surface area contributed by atoms with Crippen molar-refractivity contribution in [2.24, 2.45) is 5.73 Å². The topological polar surface area (TPSA) is 117 Å². The van der Waals surface area contributed by atoms with Gasteiger partial charge in [-0.2, -0.15) is 0 Å². The Balaban J connectivity index is 1.65. The van der Waals surface area contributed by atoms with Gasteiger partial charge >= 0.3 is 6.09 Å². The lowest BCUT2D eigenvalue weighted by molar-refractivity contribution is -0.113. The Bertz CT molecular complexity index is 844. The molecule has 0 bridgehead atoms. The van der Waals surface area contributed by atoms with Gasteiger partial charge in [-0.15, -0.1) is 0 Å². The number of halogens is 1. The number of primary amides is 1. The van der Waals surface area contributed by atoms with Crippen LogP contribution in [0.15, 0.2) is 18.5 Å². The summed E-state index contributed by atoms with van der Waals surface area (Å²) in [4.78, 5) is 38.4. The maximum absolute atomic E-state index is 12.1. The summed E-state index contributed by atoms with van der Waals surface area (Å²) in [6, 6.07) is 0. The fourth-order valence-electron chi connectivity index (χ4n) is 2.78.